The topological polar surface area (TPSA) is 55.2 Å². The largest absolute Gasteiger partial charge is 0.337 e. The molecule has 1 aliphatic heterocycles. The minimum absolute atomic E-state index is 0.00603. The standard InChI is InChI=1S/C18H23N3O2S/c1-12-10-13(2)21(19-12)14(3)18(23)20-8-4-6-15(20)11-16(22)17-7-5-9-24-17/h5,7,9-10,14-15H,4,6,8,11H2,1-3H3. The molecular weight excluding hydrogens is 322 g/mol. The molecule has 5 nitrogen and oxygen atoms in total. The van der Waals surface area contributed by atoms with Crippen LogP contribution in [0.25, 0.3) is 0 Å². The van der Waals surface area contributed by atoms with Crippen molar-refractivity contribution in [3.8, 4) is 0 Å². The van der Waals surface area contributed by atoms with E-state index in [9.17, 15) is 9.59 Å². The maximum Gasteiger partial charge on any atom is 0.247 e. The molecule has 0 spiro atoms. The third kappa shape index (κ3) is 3.29. The number of thiophene rings is 1. The number of rotatable bonds is 5. The molecule has 2 unspecified atom stereocenters. The van der Waals surface area contributed by atoms with Crippen molar-refractivity contribution in [2.75, 3.05) is 6.54 Å². The van der Waals surface area contributed by atoms with Crippen molar-refractivity contribution in [1.29, 1.82) is 0 Å². The summed E-state index contributed by atoms with van der Waals surface area (Å²) >= 11 is 1.46. The molecule has 2 aromatic heterocycles. The van der Waals surface area contributed by atoms with Crippen molar-refractivity contribution < 1.29 is 9.59 Å². The van der Waals surface area contributed by atoms with Gasteiger partial charge in [0.2, 0.25) is 5.91 Å². The van der Waals surface area contributed by atoms with Crippen LogP contribution in [0.1, 0.15) is 53.3 Å². The van der Waals surface area contributed by atoms with Gasteiger partial charge in [-0.15, -0.1) is 11.3 Å². The Labute approximate surface area is 146 Å². The van der Waals surface area contributed by atoms with Crippen LogP contribution in [0.15, 0.2) is 23.6 Å². The van der Waals surface area contributed by atoms with Gasteiger partial charge in [-0.05, 0) is 51.1 Å². The average Bonchev–Trinajstić information content (AvgIpc) is 3.26. The SMILES string of the molecule is Cc1cc(C)n(C(C)C(=O)N2CCCC2CC(=O)c2cccs2)n1. The van der Waals surface area contributed by atoms with Gasteiger partial charge in [0.25, 0.3) is 0 Å². The normalized spacial score (nSPS) is 18.8. The van der Waals surface area contributed by atoms with Crippen molar-refractivity contribution in [1.82, 2.24) is 14.7 Å². The Hall–Kier alpha value is -1.95. The molecule has 128 valence electrons. The maximum atomic E-state index is 12.9. The van der Waals surface area contributed by atoms with Gasteiger partial charge >= 0.3 is 0 Å². The molecule has 6 heteroatoms. The highest BCUT2D eigenvalue weighted by Gasteiger charge is 2.34. The number of Topliss-reactive ketones (excluding diaryl/α,β-unsaturated/α-hetero) is 1. The first-order valence-electron chi connectivity index (χ1n) is 8.37. The van der Waals surface area contributed by atoms with E-state index in [1.54, 1.807) is 4.68 Å². The van der Waals surface area contributed by atoms with Crippen LogP contribution in [0.3, 0.4) is 0 Å². The number of aryl methyl sites for hydroxylation is 2. The number of hydrogen-bond acceptors (Lipinski definition) is 4. The summed E-state index contributed by atoms with van der Waals surface area (Å²) < 4.78 is 1.79. The zero-order valence-corrected chi connectivity index (χ0v) is 15.2. The van der Waals surface area contributed by atoms with Crippen LogP contribution in [-0.2, 0) is 4.79 Å². The van der Waals surface area contributed by atoms with Crippen molar-refractivity contribution in [2.45, 2.75) is 52.1 Å². The number of carbonyl (C=O) groups excluding carboxylic acids is 2. The van der Waals surface area contributed by atoms with E-state index in [-0.39, 0.29) is 23.8 Å². The first kappa shape index (κ1) is 16.9. The highest BCUT2D eigenvalue weighted by molar-refractivity contribution is 7.12. The molecule has 3 heterocycles. The fourth-order valence-electron chi connectivity index (χ4n) is 3.47. The second-order valence-electron chi connectivity index (χ2n) is 6.48. The van der Waals surface area contributed by atoms with Gasteiger partial charge in [-0.1, -0.05) is 6.07 Å². The van der Waals surface area contributed by atoms with Crippen LogP contribution in [0.5, 0.6) is 0 Å². The average molecular weight is 345 g/mol. The van der Waals surface area contributed by atoms with Crippen LogP contribution in [-0.4, -0.2) is 39.0 Å². The fourth-order valence-corrected chi connectivity index (χ4v) is 4.15. The summed E-state index contributed by atoms with van der Waals surface area (Å²) in [5.41, 5.74) is 1.90. The van der Waals surface area contributed by atoms with Crippen molar-refractivity contribution in [3.05, 3.63) is 39.8 Å². The van der Waals surface area contributed by atoms with Gasteiger partial charge in [-0.2, -0.15) is 5.10 Å². The number of likely N-dealkylation sites (tertiary alicyclic amines) is 1. The van der Waals surface area contributed by atoms with Crippen molar-refractivity contribution >= 4 is 23.0 Å². The molecule has 0 radical (unpaired) electrons. The monoisotopic (exact) mass is 345 g/mol. The highest BCUT2D eigenvalue weighted by Crippen LogP contribution is 2.26. The lowest BCUT2D eigenvalue weighted by atomic mass is 10.1. The minimum atomic E-state index is -0.337. The first-order chi connectivity index (χ1) is 11.5. The molecule has 0 saturated carbocycles. The molecule has 0 aromatic carbocycles. The summed E-state index contributed by atoms with van der Waals surface area (Å²) in [4.78, 5) is 28.0. The van der Waals surface area contributed by atoms with E-state index in [1.165, 1.54) is 11.3 Å². The van der Waals surface area contributed by atoms with Crippen LogP contribution in [0.2, 0.25) is 0 Å². The third-order valence-electron chi connectivity index (χ3n) is 4.65. The lowest BCUT2D eigenvalue weighted by Crippen LogP contribution is -2.41. The molecule has 1 amide bonds. The van der Waals surface area contributed by atoms with Gasteiger partial charge in [0.15, 0.2) is 5.78 Å². The Morgan fingerprint density at radius 2 is 2.21 bits per heavy atom. The summed E-state index contributed by atoms with van der Waals surface area (Å²) in [7, 11) is 0. The zero-order chi connectivity index (χ0) is 17.3. The number of carbonyl (C=O) groups is 2. The number of hydrogen-bond donors (Lipinski definition) is 0. The van der Waals surface area contributed by atoms with Gasteiger partial charge in [0.1, 0.15) is 6.04 Å². The van der Waals surface area contributed by atoms with E-state index < -0.39 is 0 Å². The molecule has 24 heavy (non-hydrogen) atoms. The predicted octanol–water partition coefficient (Wildman–Crippen LogP) is 3.39. The molecular formula is C18H23N3O2S. The Morgan fingerprint density at radius 3 is 2.83 bits per heavy atom. The summed E-state index contributed by atoms with van der Waals surface area (Å²) in [5, 5.41) is 6.35. The van der Waals surface area contributed by atoms with Gasteiger partial charge in [-0.25, -0.2) is 0 Å². The summed E-state index contributed by atoms with van der Waals surface area (Å²) in [6.45, 7) is 6.51. The molecule has 1 fully saturated rings. The summed E-state index contributed by atoms with van der Waals surface area (Å²) in [6, 6.07) is 5.39. The van der Waals surface area contributed by atoms with Crippen molar-refractivity contribution in [2.24, 2.45) is 0 Å². The molecule has 1 aliphatic rings. The predicted molar refractivity (Wildman–Crippen MR) is 94.4 cm³/mol. The van der Waals surface area contributed by atoms with E-state index >= 15 is 0 Å². The number of nitrogens with zero attached hydrogens (tertiary/aromatic N) is 3. The molecule has 2 atom stereocenters. The van der Waals surface area contributed by atoms with Gasteiger partial charge < -0.3 is 4.90 Å². The van der Waals surface area contributed by atoms with E-state index in [0.717, 1.165) is 35.7 Å². The van der Waals surface area contributed by atoms with Crippen LogP contribution in [0, 0.1) is 13.8 Å². The molecule has 1 saturated heterocycles. The molecule has 0 bridgehead atoms. The van der Waals surface area contributed by atoms with Gasteiger partial charge in [0.05, 0.1) is 10.6 Å². The maximum absolute atomic E-state index is 12.9. The van der Waals surface area contributed by atoms with E-state index in [4.69, 9.17) is 0 Å². The summed E-state index contributed by atoms with van der Waals surface area (Å²) in [5.74, 6) is 0.191. The Balaban J connectivity index is 1.71. The lowest BCUT2D eigenvalue weighted by Gasteiger charge is -2.27. The highest BCUT2D eigenvalue weighted by atomic mass is 32.1. The van der Waals surface area contributed by atoms with E-state index in [1.807, 2.05) is 49.3 Å². The second-order valence-corrected chi connectivity index (χ2v) is 7.43. The van der Waals surface area contributed by atoms with Gasteiger partial charge in [-0.3, -0.25) is 14.3 Å². The molecule has 0 aliphatic carbocycles. The lowest BCUT2D eigenvalue weighted by molar-refractivity contribution is -0.135. The van der Waals surface area contributed by atoms with Crippen LogP contribution >= 0.6 is 11.3 Å². The quantitative estimate of drug-likeness (QED) is 0.781. The third-order valence-corrected chi connectivity index (χ3v) is 5.56. The summed E-state index contributed by atoms with van der Waals surface area (Å²) in [6.07, 6.45) is 2.26. The Morgan fingerprint density at radius 1 is 1.42 bits per heavy atom. The fraction of sp³-hybridized carbons (Fsp3) is 0.500. The smallest absolute Gasteiger partial charge is 0.247 e. The molecule has 0 N–H and O–H groups in total. The van der Waals surface area contributed by atoms with Crippen molar-refractivity contribution in [3.63, 3.8) is 0 Å². The molecule has 2 aromatic rings. The minimum Gasteiger partial charge on any atom is -0.337 e. The van der Waals surface area contributed by atoms with Crippen LogP contribution in [0.4, 0.5) is 0 Å². The number of ketones is 1. The van der Waals surface area contributed by atoms with E-state index in [0.29, 0.717) is 6.42 Å². The first-order valence-corrected chi connectivity index (χ1v) is 9.25. The number of amides is 1. The Bertz CT molecular complexity index is 736. The van der Waals surface area contributed by atoms with Crippen LogP contribution < -0.4 is 0 Å². The van der Waals surface area contributed by atoms with E-state index in [2.05, 4.69) is 5.10 Å². The zero-order valence-electron chi connectivity index (χ0n) is 14.4. The Kier molecular flexibility index (Phi) is 4.85. The molecule has 3 rings (SSSR count). The van der Waals surface area contributed by atoms with Gasteiger partial charge in [0, 0.05) is 24.7 Å². The number of aromatic nitrogens is 2. The second kappa shape index (κ2) is 6.89.